The molecule has 0 unspecified atom stereocenters. The summed E-state index contributed by atoms with van der Waals surface area (Å²) >= 11 is 0. The number of carbonyl (C=O) groups is 1. The molecule has 0 radical (unpaired) electrons. The summed E-state index contributed by atoms with van der Waals surface area (Å²) in [7, 11) is 0. The number of hydrogen-bond acceptors (Lipinski definition) is 3. The molecule has 20 heavy (non-hydrogen) atoms. The van der Waals surface area contributed by atoms with Crippen molar-refractivity contribution in [1.29, 1.82) is 5.26 Å². The van der Waals surface area contributed by atoms with Crippen LogP contribution in [0.4, 0.5) is 13.2 Å². The highest BCUT2D eigenvalue weighted by Crippen LogP contribution is 2.21. The number of pyridine rings is 1. The lowest BCUT2D eigenvalue weighted by Crippen LogP contribution is -2.22. The Morgan fingerprint density at radius 3 is 2.80 bits per heavy atom. The van der Waals surface area contributed by atoms with Crippen molar-refractivity contribution in [3.63, 3.8) is 0 Å². The van der Waals surface area contributed by atoms with Crippen LogP contribution in [-0.2, 0) is 6.54 Å². The Hall–Kier alpha value is -2.62. The normalized spacial score (nSPS) is 11.1. The summed E-state index contributed by atoms with van der Waals surface area (Å²) in [4.78, 5) is 14.9. The largest absolute Gasteiger partial charge is 0.454 e. The molecule has 102 valence electrons. The van der Waals surface area contributed by atoms with Crippen molar-refractivity contribution >= 4 is 5.78 Å². The van der Waals surface area contributed by atoms with Crippen LogP contribution in [0.25, 0.3) is 0 Å². The van der Waals surface area contributed by atoms with Crippen molar-refractivity contribution in [2.45, 2.75) is 12.7 Å². The molecule has 0 spiro atoms. The molecule has 0 aliphatic heterocycles. The van der Waals surface area contributed by atoms with E-state index in [4.69, 9.17) is 5.26 Å². The van der Waals surface area contributed by atoms with Crippen molar-refractivity contribution in [2.75, 3.05) is 0 Å². The summed E-state index contributed by atoms with van der Waals surface area (Å²) in [6.07, 6.45) is -0.980. The molecule has 0 fully saturated rings. The maximum atomic E-state index is 12.3. The Kier molecular flexibility index (Phi) is 3.57. The van der Waals surface area contributed by atoms with E-state index in [0.29, 0.717) is 5.56 Å². The Labute approximate surface area is 112 Å². The highest BCUT2D eigenvalue weighted by molar-refractivity contribution is 6.00. The molecule has 0 aliphatic carbocycles. The second-order valence-corrected chi connectivity index (χ2v) is 4.02. The minimum atomic E-state index is -4.89. The lowest BCUT2D eigenvalue weighted by molar-refractivity contribution is -0.0885. The third-order valence-electron chi connectivity index (χ3n) is 2.62. The number of hydrogen-bond donors (Lipinski definition) is 0. The third-order valence-corrected chi connectivity index (χ3v) is 2.62. The van der Waals surface area contributed by atoms with E-state index in [0.717, 1.165) is 12.3 Å². The predicted molar refractivity (Wildman–Crippen MR) is 62.9 cm³/mol. The van der Waals surface area contributed by atoms with Gasteiger partial charge in [-0.05, 0) is 12.1 Å². The van der Waals surface area contributed by atoms with E-state index in [1.54, 1.807) is 12.1 Å². The van der Waals surface area contributed by atoms with Gasteiger partial charge in [0.1, 0.15) is 11.8 Å². The van der Waals surface area contributed by atoms with Crippen LogP contribution < -0.4 is 0 Å². The van der Waals surface area contributed by atoms with Gasteiger partial charge in [0.15, 0.2) is 0 Å². The minimum Gasteiger partial charge on any atom is -0.349 e. The van der Waals surface area contributed by atoms with E-state index >= 15 is 0 Å². The third kappa shape index (κ3) is 2.85. The molecule has 0 aliphatic rings. The molecule has 7 heteroatoms. The molecule has 2 aromatic heterocycles. The van der Waals surface area contributed by atoms with Crippen LogP contribution in [0.15, 0.2) is 36.8 Å². The van der Waals surface area contributed by atoms with Crippen LogP contribution in [0.1, 0.15) is 21.6 Å². The number of nitrogens with zero attached hydrogens (tertiary/aromatic N) is 3. The number of alkyl halides is 3. The van der Waals surface area contributed by atoms with Crippen LogP contribution in [0, 0.1) is 11.3 Å². The lowest BCUT2D eigenvalue weighted by atomic mass is 10.2. The van der Waals surface area contributed by atoms with Crippen molar-refractivity contribution in [2.24, 2.45) is 0 Å². The first-order valence-electron chi connectivity index (χ1n) is 5.53. The topological polar surface area (TPSA) is 58.7 Å². The first-order valence-corrected chi connectivity index (χ1v) is 5.53. The second kappa shape index (κ2) is 5.17. The summed E-state index contributed by atoms with van der Waals surface area (Å²) in [6, 6.07) is 6.27. The van der Waals surface area contributed by atoms with E-state index in [1.165, 1.54) is 17.0 Å². The van der Waals surface area contributed by atoms with E-state index in [2.05, 4.69) is 4.98 Å². The van der Waals surface area contributed by atoms with Gasteiger partial charge in [0, 0.05) is 36.3 Å². The van der Waals surface area contributed by atoms with Gasteiger partial charge in [-0.1, -0.05) is 6.07 Å². The zero-order valence-electron chi connectivity index (χ0n) is 10.1. The average Bonchev–Trinajstić information content (AvgIpc) is 2.86. The van der Waals surface area contributed by atoms with Crippen molar-refractivity contribution in [1.82, 2.24) is 9.55 Å². The molecule has 0 atom stereocenters. The highest BCUT2D eigenvalue weighted by atomic mass is 19.4. The number of aromatic nitrogens is 2. The van der Waals surface area contributed by atoms with E-state index in [-0.39, 0.29) is 12.2 Å². The number of Topliss-reactive ketones (excluding diaryl/α,β-unsaturated/α-hetero) is 1. The van der Waals surface area contributed by atoms with E-state index in [9.17, 15) is 18.0 Å². The quantitative estimate of drug-likeness (QED) is 0.811. The standard InChI is InChI=1S/C13H8F3N3O/c14-13(15,16)12(20)10-3-5-19(8-10)7-9-2-1-4-18-11(9)6-17/h1-5,8H,7H2. The van der Waals surface area contributed by atoms with Crippen molar-refractivity contribution in [3.8, 4) is 6.07 Å². The summed E-state index contributed by atoms with van der Waals surface area (Å²) in [5.74, 6) is -1.89. The fraction of sp³-hybridized carbons (Fsp3) is 0.154. The molecule has 2 rings (SSSR count). The molecule has 0 bridgehead atoms. The van der Waals surface area contributed by atoms with Gasteiger partial charge in [-0.15, -0.1) is 0 Å². The van der Waals surface area contributed by atoms with Gasteiger partial charge in [-0.3, -0.25) is 4.79 Å². The van der Waals surface area contributed by atoms with Gasteiger partial charge in [-0.2, -0.15) is 18.4 Å². The highest BCUT2D eigenvalue weighted by Gasteiger charge is 2.39. The van der Waals surface area contributed by atoms with E-state index in [1.807, 2.05) is 6.07 Å². The second-order valence-electron chi connectivity index (χ2n) is 4.02. The zero-order chi connectivity index (χ0) is 14.8. The molecular formula is C13H8F3N3O. The number of nitriles is 1. The zero-order valence-corrected chi connectivity index (χ0v) is 10.1. The molecule has 2 heterocycles. The number of rotatable bonds is 3. The maximum absolute atomic E-state index is 12.3. The smallest absolute Gasteiger partial charge is 0.349 e. The SMILES string of the molecule is N#Cc1ncccc1Cn1ccc(C(=O)C(F)(F)F)c1. The van der Waals surface area contributed by atoms with E-state index < -0.39 is 17.5 Å². The first-order chi connectivity index (χ1) is 9.41. The molecule has 0 N–H and O–H groups in total. The average molecular weight is 279 g/mol. The lowest BCUT2D eigenvalue weighted by Gasteiger charge is -2.05. The Balaban J connectivity index is 2.23. The first kappa shape index (κ1) is 13.8. The monoisotopic (exact) mass is 279 g/mol. The van der Waals surface area contributed by atoms with Gasteiger partial charge in [-0.25, -0.2) is 4.98 Å². The molecule has 0 amide bonds. The van der Waals surface area contributed by atoms with Crippen molar-refractivity contribution < 1.29 is 18.0 Å². The van der Waals surface area contributed by atoms with Crippen LogP contribution >= 0.6 is 0 Å². The molecule has 0 aromatic carbocycles. The molecule has 2 aromatic rings. The van der Waals surface area contributed by atoms with Gasteiger partial charge in [0.25, 0.3) is 5.78 Å². The summed E-state index contributed by atoms with van der Waals surface area (Å²) < 4.78 is 38.2. The van der Waals surface area contributed by atoms with Gasteiger partial charge in [0.05, 0.1) is 0 Å². The fourth-order valence-corrected chi connectivity index (χ4v) is 1.70. The molecule has 4 nitrogen and oxygen atoms in total. The Bertz CT molecular complexity index is 683. The van der Waals surface area contributed by atoms with Crippen LogP contribution in [-0.4, -0.2) is 21.5 Å². The Morgan fingerprint density at radius 1 is 1.40 bits per heavy atom. The maximum Gasteiger partial charge on any atom is 0.454 e. The van der Waals surface area contributed by atoms with Crippen LogP contribution in [0.3, 0.4) is 0 Å². The number of ketones is 1. The van der Waals surface area contributed by atoms with Crippen LogP contribution in [0.2, 0.25) is 0 Å². The molecular weight excluding hydrogens is 271 g/mol. The summed E-state index contributed by atoms with van der Waals surface area (Å²) in [5, 5.41) is 8.87. The fourth-order valence-electron chi connectivity index (χ4n) is 1.70. The number of carbonyl (C=O) groups excluding carboxylic acids is 1. The predicted octanol–water partition coefficient (Wildman–Crippen LogP) is 2.55. The van der Waals surface area contributed by atoms with Crippen molar-refractivity contribution in [3.05, 3.63) is 53.6 Å². The van der Waals surface area contributed by atoms with Crippen LogP contribution in [0.5, 0.6) is 0 Å². The number of halogens is 3. The van der Waals surface area contributed by atoms with Gasteiger partial charge < -0.3 is 4.57 Å². The Morgan fingerprint density at radius 2 is 2.15 bits per heavy atom. The minimum absolute atomic E-state index is 0.169. The van der Waals surface area contributed by atoms with Gasteiger partial charge >= 0.3 is 6.18 Å². The summed E-state index contributed by atoms with van der Waals surface area (Å²) in [6.45, 7) is 0.169. The molecule has 0 saturated carbocycles. The summed E-state index contributed by atoms with van der Waals surface area (Å²) in [5.41, 5.74) is 0.335. The molecule has 0 saturated heterocycles. The van der Waals surface area contributed by atoms with Gasteiger partial charge in [0.2, 0.25) is 0 Å².